The van der Waals surface area contributed by atoms with Crippen LogP contribution in [0.25, 0.3) is 0 Å². The Morgan fingerprint density at radius 1 is 0.938 bits per heavy atom. The van der Waals surface area contributed by atoms with Crippen LogP contribution in [0.2, 0.25) is 0 Å². The van der Waals surface area contributed by atoms with E-state index in [9.17, 15) is 19.8 Å². The Kier molecular flexibility index (Phi) is 2.64. The normalized spacial score (nSPS) is 23.5. The van der Waals surface area contributed by atoms with Gasteiger partial charge in [-0.1, -0.05) is 24.3 Å². The van der Waals surface area contributed by atoms with Gasteiger partial charge in [-0.15, -0.1) is 0 Å². The van der Waals surface area contributed by atoms with Crippen LogP contribution in [0.3, 0.4) is 0 Å². The van der Waals surface area contributed by atoms with Crippen molar-refractivity contribution >= 4 is 11.9 Å². The fraction of sp³-hybridized carbons (Fsp3) is 0.333. The summed E-state index contributed by atoms with van der Waals surface area (Å²) < 4.78 is 0. The van der Waals surface area contributed by atoms with Gasteiger partial charge in [0.25, 0.3) is 0 Å². The molecule has 0 aromatic heterocycles. The number of carboxylic acid groups (broad SMARTS) is 2. The molecule has 0 saturated heterocycles. The number of carbonyl (C=O) groups excluding carboxylic acids is 2. The van der Waals surface area contributed by atoms with Crippen LogP contribution in [0.4, 0.5) is 0 Å². The maximum Gasteiger partial charge on any atom is 0.0455 e. The number of hydrogen-bond acceptors (Lipinski definition) is 4. The average Bonchev–Trinajstić information content (AvgIpc) is 2.27. The van der Waals surface area contributed by atoms with Gasteiger partial charge in [-0.3, -0.25) is 0 Å². The second-order valence-corrected chi connectivity index (χ2v) is 4.03. The van der Waals surface area contributed by atoms with E-state index >= 15 is 0 Å². The molecule has 84 valence electrons. The second-order valence-electron chi connectivity index (χ2n) is 4.03. The van der Waals surface area contributed by atoms with Crippen LogP contribution in [0.1, 0.15) is 11.1 Å². The molecule has 4 nitrogen and oxygen atoms in total. The maximum atomic E-state index is 10.9. The van der Waals surface area contributed by atoms with E-state index in [1.807, 2.05) is 24.3 Å². The summed E-state index contributed by atoms with van der Waals surface area (Å²) in [6, 6.07) is 7.25. The maximum absolute atomic E-state index is 10.9. The molecule has 0 radical (unpaired) electrons. The minimum absolute atomic E-state index is 0.206. The Balaban J connectivity index is 2.37. The molecule has 1 aliphatic carbocycles. The van der Waals surface area contributed by atoms with Crippen molar-refractivity contribution in [3.8, 4) is 0 Å². The Hall–Kier alpha value is -1.84. The van der Waals surface area contributed by atoms with E-state index in [1.54, 1.807) is 0 Å². The summed E-state index contributed by atoms with van der Waals surface area (Å²) in [6.07, 6.45) is 0.411. The summed E-state index contributed by atoms with van der Waals surface area (Å²) >= 11 is 0. The number of fused-ring (bicyclic) bond motifs is 1. The molecule has 0 bridgehead atoms. The highest BCUT2D eigenvalue weighted by atomic mass is 16.4. The van der Waals surface area contributed by atoms with Crippen molar-refractivity contribution in [2.24, 2.45) is 11.8 Å². The molecule has 1 aromatic carbocycles. The lowest BCUT2D eigenvalue weighted by molar-refractivity contribution is -0.327. The Morgan fingerprint density at radius 3 is 1.62 bits per heavy atom. The zero-order chi connectivity index (χ0) is 11.7. The van der Waals surface area contributed by atoms with Crippen molar-refractivity contribution in [3.63, 3.8) is 0 Å². The monoisotopic (exact) mass is 218 g/mol. The molecule has 0 aliphatic heterocycles. The van der Waals surface area contributed by atoms with Crippen molar-refractivity contribution in [1.82, 2.24) is 0 Å². The third kappa shape index (κ3) is 1.78. The van der Waals surface area contributed by atoms with Gasteiger partial charge in [-0.2, -0.15) is 0 Å². The van der Waals surface area contributed by atoms with Gasteiger partial charge in [0.15, 0.2) is 0 Å². The fourth-order valence-electron chi connectivity index (χ4n) is 2.21. The summed E-state index contributed by atoms with van der Waals surface area (Å²) in [7, 11) is 0. The number of aliphatic carboxylic acids is 2. The summed E-state index contributed by atoms with van der Waals surface area (Å²) in [6.45, 7) is 0. The Morgan fingerprint density at radius 2 is 1.31 bits per heavy atom. The predicted molar refractivity (Wildman–Crippen MR) is 50.8 cm³/mol. The van der Waals surface area contributed by atoms with Crippen molar-refractivity contribution in [3.05, 3.63) is 35.4 Å². The van der Waals surface area contributed by atoms with E-state index in [1.165, 1.54) is 0 Å². The molecule has 0 amide bonds. The number of carboxylic acids is 2. The highest BCUT2D eigenvalue weighted by Gasteiger charge is 2.29. The number of hydrogen-bond donors (Lipinski definition) is 0. The van der Waals surface area contributed by atoms with Gasteiger partial charge in [-0.05, 0) is 24.0 Å². The first-order valence-corrected chi connectivity index (χ1v) is 5.08. The molecule has 2 atom stereocenters. The molecule has 1 aliphatic rings. The van der Waals surface area contributed by atoms with Crippen molar-refractivity contribution < 1.29 is 19.8 Å². The third-order valence-electron chi connectivity index (χ3n) is 3.09. The zero-order valence-corrected chi connectivity index (χ0v) is 8.51. The molecule has 0 fully saturated rings. The van der Waals surface area contributed by atoms with E-state index in [0.717, 1.165) is 11.1 Å². The molecule has 2 rings (SSSR count). The SMILES string of the molecule is O=C([O-])C1Cc2ccccc2CC1C(=O)[O-]. The van der Waals surface area contributed by atoms with Crippen LogP contribution in [0.5, 0.6) is 0 Å². The molecule has 0 heterocycles. The molecule has 0 saturated carbocycles. The van der Waals surface area contributed by atoms with Crippen molar-refractivity contribution in [1.29, 1.82) is 0 Å². The minimum atomic E-state index is -1.32. The second kappa shape index (κ2) is 3.96. The van der Waals surface area contributed by atoms with Crippen LogP contribution in [0, 0.1) is 11.8 Å². The molecule has 4 heteroatoms. The first kappa shape index (κ1) is 10.7. The van der Waals surface area contributed by atoms with Gasteiger partial charge >= 0.3 is 0 Å². The summed E-state index contributed by atoms with van der Waals surface area (Å²) in [5, 5.41) is 21.8. The van der Waals surface area contributed by atoms with Crippen LogP contribution < -0.4 is 10.2 Å². The molecule has 1 aromatic rings. The van der Waals surface area contributed by atoms with E-state index in [0.29, 0.717) is 0 Å². The van der Waals surface area contributed by atoms with Crippen molar-refractivity contribution in [2.45, 2.75) is 12.8 Å². The highest BCUT2D eigenvalue weighted by molar-refractivity contribution is 5.79. The van der Waals surface area contributed by atoms with Crippen LogP contribution in [-0.2, 0) is 22.4 Å². The molecule has 0 spiro atoms. The lowest BCUT2D eigenvalue weighted by Crippen LogP contribution is -2.47. The summed E-state index contributed by atoms with van der Waals surface area (Å²) in [5.41, 5.74) is 1.77. The quantitative estimate of drug-likeness (QED) is 0.606. The van der Waals surface area contributed by atoms with Gasteiger partial charge in [0.1, 0.15) is 0 Å². The van der Waals surface area contributed by atoms with E-state index in [2.05, 4.69) is 0 Å². The zero-order valence-electron chi connectivity index (χ0n) is 8.51. The third-order valence-corrected chi connectivity index (χ3v) is 3.09. The Bertz CT molecular complexity index is 397. The predicted octanol–water partition coefficient (Wildman–Crippen LogP) is -1.48. The molecular formula is C12H10O4-2. The average molecular weight is 218 g/mol. The fourth-order valence-corrected chi connectivity index (χ4v) is 2.21. The van der Waals surface area contributed by atoms with Gasteiger partial charge in [0, 0.05) is 23.8 Å². The van der Waals surface area contributed by atoms with E-state index in [-0.39, 0.29) is 12.8 Å². The smallest absolute Gasteiger partial charge is 0.0455 e. The van der Waals surface area contributed by atoms with E-state index < -0.39 is 23.8 Å². The number of carbonyl (C=O) groups is 2. The molecular weight excluding hydrogens is 208 g/mol. The van der Waals surface area contributed by atoms with Crippen LogP contribution >= 0.6 is 0 Å². The molecule has 0 N–H and O–H groups in total. The van der Waals surface area contributed by atoms with Gasteiger partial charge in [0.05, 0.1) is 0 Å². The van der Waals surface area contributed by atoms with Gasteiger partial charge in [0.2, 0.25) is 0 Å². The van der Waals surface area contributed by atoms with Gasteiger partial charge in [-0.25, -0.2) is 0 Å². The Labute approximate surface area is 92.5 Å². The standard InChI is InChI=1S/C12H12O4/c13-11(14)9-5-7-3-1-2-4-8(7)6-10(9)12(15)16/h1-4,9-10H,5-6H2,(H,13,14)(H,15,16)/p-2. The summed E-state index contributed by atoms with van der Waals surface area (Å²) in [4.78, 5) is 21.8. The van der Waals surface area contributed by atoms with Gasteiger partial charge < -0.3 is 19.8 Å². The first-order valence-electron chi connectivity index (χ1n) is 5.08. The van der Waals surface area contributed by atoms with Crippen LogP contribution in [-0.4, -0.2) is 11.9 Å². The summed E-state index contributed by atoms with van der Waals surface area (Å²) in [5.74, 6) is -4.60. The molecule has 16 heavy (non-hydrogen) atoms. The minimum Gasteiger partial charge on any atom is -0.550 e. The highest BCUT2D eigenvalue weighted by Crippen LogP contribution is 2.29. The first-order chi connectivity index (χ1) is 7.59. The molecule has 2 unspecified atom stereocenters. The van der Waals surface area contributed by atoms with Crippen LogP contribution in [0.15, 0.2) is 24.3 Å². The number of benzene rings is 1. The topological polar surface area (TPSA) is 80.3 Å². The lowest BCUT2D eigenvalue weighted by Gasteiger charge is -2.34. The van der Waals surface area contributed by atoms with E-state index in [4.69, 9.17) is 0 Å². The number of rotatable bonds is 2. The largest absolute Gasteiger partial charge is 0.550 e. The van der Waals surface area contributed by atoms with Crippen molar-refractivity contribution in [2.75, 3.05) is 0 Å². The lowest BCUT2D eigenvalue weighted by atomic mass is 9.76.